The molecule has 21 heavy (non-hydrogen) atoms. The summed E-state index contributed by atoms with van der Waals surface area (Å²) in [5, 5.41) is 5.98. The highest BCUT2D eigenvalue weighted by Crippen LogP contribution is 2.39. The van der Waals surface area contributed by atoms with Crippen LogP contribution in [0.1, 0.15) is 44.3 Å². The third-order valence-electron chi connectivity index (χ3n) is 4.17. The molecule has 4 nitrogen and oxygen atoms in total. The van der Waals surface area contributed by atoms with E-state index in [2.05, 4.69) is 40.9 Å². The van der Waals surface area contributed by atoms with Gasteiger partial charge in [0.1, 0.15) is 0 Å². The minimum atomic E-state index is 0.600. The Morgan fingerprint density at radius 1 is 1.29 bits per heavy atom. The van der Waals surface area contributed by atoms with E-state index in [9.17, 15) is 0 Å². The molecule has 0 amide bonds. The Balaban J connectivity index is 1.77. The molecule has 1 saturated carbocycles. The maximum atomic E-state index is 4.83. The highest BCUT2D eigenvalue weighted by atomic mass is 15.3. The minimum absolute atomic E-state index is 0.600. The number of aromatic amines is 1. The summed E-state index contributed by atoms with van der Waals surface area (Å²) in [6.07, 6.45) is 6.79. The number of nitrogens with one attached hydrogen (secondary N) is 1. The number of unbranched alkanes of at least 4 members (excludes halogenated alkanes) is 1. The lowest BCUT2D eigenvalue weighted by atomic mass is 10.1. The predicted molar refractivity (Wildman–Crippen MR) is 84.2 cm³/mol. The first-order valence-electron chi connectivity index (χ1n) is 7.87. The van der Waals surface area contributed by atoms with Gasteiger partial charge in [-0.05, 0) is 43.5 Å². The van der Waals surface area contributed by atoms with Crippen molar-refractivity contribution in [3.63, 3.8) is 0 Å². The van der Waals surface area contributed by atoms with Crippen LogP contribution in [0.3, 0.4) is 0 Å². The Kier molecular flexibility index (Phi) is 3.02. The first kappa shape index (κ1) is 12.6. The Morgan fingerprint density at radius 3 is 3.00 bits per heavy atom. The molecule has 2 aromatic heterocycles. The Labute approximate surface area is 124 Å². The van der Waals surface area contributed by atoms with Gasteiger partial charge >= 0.3 is 0 Å². The molecular weight excluding hydrogens is 260 g/mol. The second kappa shape index (κ2) is 5.02. The van der Waals surface area contributed by atoms with Gasteiger partial charge in [0.05, 0.1) is 0 Å². The largest absolute Gasteiger partial charge is 0.361 e. The molecule has 1 N–H and O–H groups in total. The van der Waals surface area contributed by atoms with Crippen LogP contribution >= 0.6 is 0 Å². The number of benzene rings is 1. The molecule has 4 heteroatoms. The van der Waals surface area contributed by atoms with Gasteiger partial charge in [0.25, 0.3) is 0 Å². The lowest BCUT2D eigenvalue weighted by Crippen LogP contribution is -2.02. The summed E-state index contributed by atoms with van der Waals surface area (Å²) >= 11 is 0. The lowest BCUT2D eigenvalue weighted by Gasteiger charge is -2.05. The van der Waals surface area contributed by atoms with Crippen molar-refractivity contribution in [2.45, 2.75) is 45.1 Å². The molecule has 0 spiro atoms. The number of hydrogen-bond acceptors (Lipinski definition) is 2. The molecule has 4 rings (SSSR count). The zero-order valence-corrected chi connectivity index (χ0v) is 12.3. The molecule has 0 bridgehead atoms. The molecule has 0 unspecified atom stereocenters. The van der Waals surface area contributed by atoms with E-state index in [1.807, 2.05) is 6.20 Å². The number of aromatic nitrogens is 4. The van der Waals surface area contributed by atoms with Crippen molar-refractivity contribution < 1.29 is 0 Å². The van der Waals surface area contributed by atoms with E-state index in [4.69, 9.17) is 10.1 Å². The van der Waals surface area contributed by atoms with Gasteiger partial charge in [0.2, 0.25) is 0 Å². The lowest BCUT2D eigenvalue weighted by molar-refractivity contribution is 0.570. The van der Waals surface area contributed by atoms with Crippen molar-refractivity contribution in [1.82, 2.24) is 19.7 Å². The second-order valence-corrected chi connectivity index (χ2v) is 5.92. The Bertz CT molecular complexity index is 764. The molecule has 108 valence electrons. The van der Waals surface area contributed by atoms with Gasteiger partial charge in [-0.15, -0.1) is 0 Å². The zero-order valence-electron chi connectivity index (χ0n) is 12.3. The van der Waals surface area contributed by atoms with Gasteiger partial charge in [0, 0.05) is 35.1 Å². The summed E-state index contributed by atoms with van der Waals surface area (Å²) in [5.74, 6) is 2.66. The van der Waals surface area contributed by atoms with Crippen LogP contribution < -0.4 is 0 Å². The molecule has 3 aromatic rings. The van der Waals surface area contributed by atoms with Crippen molar-refractivity contribution in [2.24, 2.45) is 0 Å². The van der Waals surface area contributed by atoms with E-state index in [0.717, 1.165) is 30.2 Å². The Hall–Kier alpha value is -2.10. The monoisotopic (exact) mass is 280 g/mol. The van der Waals surface area contributed by atoms with E-state index < -0.39 is 0 Å². The molecule has 0 radical (unpaired) electrons. The summed E-state index contributed by atoms with van der Waals surface area (Å²) in [6, 6.07) is 8.57. The van der Waals surface area contributed by atoms with E-state index in [1.165, 1.54) is 30.2 Å². The fourth-order valence-electron chi connectivity index (χ4n) is 2.74. The normalized spacial score (nSPS) is 14.9. The standard InChI is InChI=1S/C17H20N4/c1-2-3-10-21-17(19-16(20-21)12-4-5-12)14-6-7-15-13(11-14)8-9-18-15/h6-9,11-12,18H,2-5,10H2,1H3. The van der Waals surface area contributed by atoms with Crippen molar-refractivity contribution in [1.29, 1.82) is 0 Å². The summed E-state index contributed by atoms with van der Waals surface area (Å²) in [5.41, 5.74) is 2.33. The summed E-state index contributed by atoms with van der Waals surface area (Å²) in [4.78, 5) is 8.07. The molecule has 0 saturated heterocycles. The number of H-pyrrole nitrogens is 1. The molecule has 0 atom stereocenters. The van der Waals surface area contributed by atoms with Gasteiger partial charge in [0.15, 0.2) is 11.6 Å². The van der Waals surface area contributed by atoms with Crippen LogP contribution in [0.2, 0.25) is 0 Å². The quantitative estimate of drug-likeness (QED) is 0.764. The topological polar surface area (TPSA) is 46.5 Å². The molecule has 0 aliphatic heterocycles. The second-order valence-electron chi connectivity index (χ2n) is 5.92. The third kappa shape index (κ3) is 2.35. The smallest absolute Gasteiger partial charge is 0.158 e. The average Bonchev–Trinajstić information content (AvgIpc) is 3.11. The van der Waals surface area contributed by atoms with Crippen molar-refractivity contribution in [2.75, 3.05) is 0 Å². The van der Waals surface area contributed by atoms with E-state index in [-0.39, 0.29) is 0 Å². The summed E-state index contributed by atoms with van der Waals surface area (Å²) in [6.45, 7) is 3.17. The van der Waals surface area contributed by atoms with Crippen LogP contribution in [-0.4, -0.2) is 19.7 Å². The molecule has 1 fully saturated rings. The van der Waals surface area contributed by atoms with Gasteiger partial charge in [-0.2, -0.15) is 5.10 Å². The van der Waals surface area contributed by atoms with E-state index in [0.29, 0.717) is 5.92 Å². The number of rotatable bonds is 5. The first-order valence-corrected chi connectivity index (χ1v) is 7.87. The number of nitrogens with zero attached hydrogens (tertiary/aromatic N) is 3. The van der Waals surface area contributed by atoms with Crippen LogP contribution in [0.4, 0.5) is 0 Å². The third-order valence-corrected chi connectivity index (χ3v) is 4.17. The average molecular weight is 280 g/mol. The van der Waals surface area contributed by atoms with Gasteiger partial charge < -0.3 is 4.98 Å². The molecule has 2 heterocycles. The van der Waals surface area contributed by atoms with Crippen molar-refractivity contribution >= 4 is 10.9 Å². The fourth-order valence-corrected chi connectivity index (χ4v) is 2.74. The van der Waals surface area contributed by atoms with Crippen molar-refractivity contribution in [3.05, 3.63) is 36.3 Å². The van der Waals surface area contributed by atoms with Crippen molar-refractivity contribution in [3.8, 4) is 11.4 Å². The summed E-state index contributed by atoms with van der Waals surface area (Å²) in [7, 11) is 0. The highest BCUT2D eigenvalue weighted by Gasteiger charge is 2.29. The number of aryl methyl sites for hydroxylation is 1. The molecule has 1 aliphatic carbocycles. The fraction of sp³-hybridized carbons (Fsp3) is 0.412. The van der Waals surface area contributed by atoms with Crippen LogP contribution in [0, 0.1) is 0 Å². The SMILES string of the molecule is CCCCn1nc(C2CC2)nc1-c1ccc2[nH]ccc2c1. The van der Waals surface area contributed by atoms with Crippen LogP contribution in [0.25, 0.3) is 22.3 Å². The van der Waals surface area contributed by atoms with Gasteiger partial charge in [-0.25, -0.2) is 9.67 Å². The Morgan fingerprint density at radius 2 is 2.19 bits per heavy atom. The highest BCUT2D eigenvalue weighted by molar-refractivity contribution is 5.83. The molecule has 1 aromatic carbocycles. The van der Waals surface area contributed by atoms with E-state index in [1.54, 1.807) is 0 Å². The van der Waals surface area contributed by atoms with Gasteiger partial charge in [-0.3, -0.25) is 0 Å². The minimum Gasteiger partial charge on any atom is -0.361 e. The van der Waals surface area contributed by atoms with Crippen LogP contribution in [0.15, 0.2) is 30.5 Å². The van der Waals surface area contributed by atoms with Gasteiger partial charge in [-0.1, -0.05) is 13.3 Å². The van der Waals surface area contributed by atoms with Crippen LogP contribution in [0.5, 0.6) is 0 Å². The van der Waals surface area contributed by atoms with E-state index >= 15 is 0 Å². The van der Waals surface area contributed by atoms with Crippen LogP contribution in [-0.2, 0) is 6.54 Å². The number of hydrogen-bond donors (Lipinski definition) is 1. The predicted octanol–water partition coefficient (Wildman–Crippen LogP) is 4.10. The maximum Gasteiger partial charge on any atom is 0.158 e. The zero-order chi connectivity index (χ0) is 14.2. The maximum absolute atomic E-state index is 4.83. The first-order chi connectivity index (χ1) is 10.3. The molecule has 1 aliphatic rings. The molecular formula is C17H20N4. The number of fused-ring (bicyclic) bond motifs is 1. The summed E-state index contributed by atoms with van der Waals surface area (Å²) < 4.78 is 2.10.